The van der Waals surface area contributed by atoms with Crippen molar-refractivity contribution in [1.29, 1.82) is 0 Å². The van der Waals surface area contributed by atoms with Crippen LogP contribution < -0.4 is 0 Å². The molecule has 0 unspecified atom stereocenters. The van der Waals surface area contributed by atoms with Crippen LogP contribution in [0.5, 0.6) is 0 Å². The van der Waals surface area contributed by atoms with Crippen LogP contribution in [0, 0.1) is 6.92 Å². The number of aromatic nitrogens is 8. The van der Waals surface area contributed by atoms with Crippen molar-refractivity contribution in [1.82, 2.24) is 39.3 Å². The number of benzene rings is 1. The second kappa shape index (κ2) is 8.10. The summed E-state index contributed by atoms with van der Waals surface area (Å²) in [6, 6.07) is 5.89. The molecule has 0 saturated carbocycles. The second-order valence-corrected chi connectivity index (χ2v) is 7.49. The molecule has 0 bridgehead atoms. The number of hydrogen-bond donors (Lipinski definition) is 1. The van der Waals surface area contributed by atoms with Crippen LogP contribution in [0.3, 0.4) is 0 Å². The van der Waals surface area contributed by atoms with Gasteiger partial charge in [-0.3, -0.25) is 9.08 Å². The van der Waals surface area contributed by atoms with Crippen molar-refractivity contribution in [2.75, 3.05) is 6.61 Å². The van der Waals surface area contributed by atoms with E-state index in [1.54, 1.807) is 35.5 Å². The molecule has 0 aliphatic carbocycles. The van der Waals surface area contributed by atoms with Crippen molar-refractivity contribution < 1.29 is 13.9 Å². The zero-order chi connectivity index (χ0) is 23.0. The Kier molecular flexibility index (Phi) is 5.09. The van der Waals surface area contributed by atoms with Gasteiger partial charge in [-0.2, -0.15) is 13.9 Å². The van der Waals surface area contributed by atoms with Gasteiger partial charge < -0.3 is 5.11 Å². The summed E-state index contributed by atoms with van der Waals surface area (Å²) < 4.78 is 34.0. The lowest BCUT2D eigenvalue weighted by molar-refractivity contribution is 0.0317. The number of hydrogen-bond acceptors (Lipinski definition) is 7. The Balaban J connectivity index is 1.55. The predicted molar refractivity (Wildman–Crippen MR) is 114 cm³/mol. The van der Waals surface area contributed by atoms with E-state index in [0.29, 0.717) is 29.1 Å². The standard InChI is InChI=1S/C22H18F2N8O/c1-14-8-25-19(26-9-14)15-3-2-4-18(7-15)22(23,24)20-29-30-21-27-10-16(13-32(20)21)17-11-28-31(12-17)5-6-33/h2-4,7-13,33H,5-6H2,1H3. The van der Waals surface area contributed by atoms with E-state index in [0.717, 1.165) is 5.56 Å². The number of rotatable bonds is 6. The first-order valence-corrected chi connectivity index (χ1v) is 10.1. The molecule has 4 aromatic heterocycles. The minimum atomic E-state index is -3.46. The summed E-state index contributed by atoms with van der Waals surface area (Å²) in [5.41, 5.74) is 2.31. The molecule has 11 heteroatoms. The fraction of sp³-hybridized carbons (Fsp3) is 0.182. The third-order valence-corrected chi connectivity index (χ3v) is 5.11. The Labute approximate surface area is 186 Å². The molecule has 0 aliphatic heterocycles. The summed E-state index contributed by atoms with van der Waals surface area (Å²) in [7, 11) is 0. The van der Waals surface area contributed by atoms with Gasteiger partial charge in [-0.05, 0) is 18.6 Å². The van der Waals surface area contributed by atoms with E-state index in [1.807, 2.05) is 6.92 Å². The van der Waals surface area contributed by atoms with E-state index < -0.39 is 11.7 Å². The van der Waals surface area contributed by atoms with Crippen molar-refractivity contribution in [3.8, 4) is 22.5 Å². The van der Waals surface area contributed by atoms with Crippen LogP contribution in [0.1, 0.15) is 17.0 Å². The molecular formula is C22H18F2N8O. The fourth-order valence-electron chi connectivity index (χ4n) is 3.41. The maximum absolute atomic E-state index is 15.6. The molecule has 0 spiro atoms. The molecule has 166 valence electrons. The number of alkyl halides is 2. The quantitative estimate of drug-likeness (QED) is 0.426. The largest absolute Gasteiger partial charge is 0.394 e. The van der Waals surface area contributed by atoms with Gasteiger partial charge in [0.05, 0.1) is 19.3 Å². The Bertz CT molecular complexity index is 1430. The van der Waals surface area contributed by atoms with E-state index in [-0.39, 0.29) is 17.9 Å². The molecule has 0 aliphatic rings. The Morgan fingerprint density at radius 3 is 2.52 bits per heavy atom. The molecule has 0 saturated heterocycles. The van der Waals surface area contributed by atoms with Gasteiger partial charge in [-0.15, -0.1) is 10.2 Å². The number of aryl methyl sites for hydroxylation is 1. The topological polar surface area (TPSA) is 107 Å². The first-order chi connectivity index (χ1) is 16.0. The number of aliphatic hydroxyl groups is 1. The lowest BCUT2D eigenvalue weighted by atomic mass is 10.0. The highest BCUT2D eigenvalue weighted by Gasteiger charge is 2.40. The van der Waals surface area contributed by atoms with Crippen LogP contribution in [-0.2, 0) is 12.5 Å². The van der Waals surface area contributed by atoms with Gasteiger partial charge in [-0.1, -0.05) is 18.2 Å². The summed E-state index contributed by atoms with van der Waals surface area (Å²) in [4.78, 5) is 12.6. The first kappa shape index (κ1) is 20.8. The second-order valence-electron chi connectivity index (χ2n) is 7.49. The first-order valence-electron chi connectivity index (χ1n) is 10.1. The predicted octanol–water partition coefficient (Wildman–Crippen LogP) is 2.89. The highest BCUT2D eigenvalue weighted by molar-refractivity contribution is 5.61. The van der Waals surface area contributed by atoms with E-state index in [9.17, 15) is 0 Å². The maximum atomic E-state index is 15.6. The SMILES string of the molecule is Cc1cnc(-c2cccc(C(F)(F)c3nnc4ncc(-c5cnn(CCO)c5)cn34)c2)nc1. The highest BCUT2D eigenvalue weighted by Crippen LogP contribution is 2.36. The van der Waals surface area contributed by atoms with Gasteiger partial charge in [0, 0.05) is 53.2 Å². The molecule has 0 amide bonds. The van der Waals surface area contributed by atoms with Crippen LogP contribution in [0.2, 0.25) is 0 Å². The van der Waals surface area contributed by atoms with Crippen LogP contribution >= 0.6 is 0 Å². The van der Waals surface area contributed by atoms with Gasteiger partial charge in [0.2, 0.25) is 5.82 Å². The third kappa shape index (κ3) is 3.82. The lowest BCUT2D eigenvalue weighted by Gasteiger charge is -2.16. The van der Waals surface area contributed by atoms with E-state index >= 15 is 8.78 Å². The molecule has 0 atom stereocenters. The summed E-state index contributed by atoms with van der Waals surface area (Å²) >= 11 is 0. The van der Waals surface area contributed by atoms with Crippen molar-refractivity contribution in [3.05, 3.63) is 78.4 Å². The summed E-state index contributed by atoms with van der Waals surface area (Å²) in [5.74, 6) is -3.61. The minimum Gasteiger partial charge on any atom is -0.394 e. The van der Waals surface area contributed by atoms with Crippen molar-refractivity contribution >= 4 is 5.78 Å². The van der Waals surface area contributed by atoms with Gasteiger partial charge >= 0.3 is 5.92 Å². The zero-order valence-electron chi connectivity index (χ0n) is 17.5. The van der Waals surface area contributed by atoms with Crippen molar-refractivity contribution in [3.63, 3.8) is 0 Å². The maximum Gasteiger partial charge on any atom is 0.332 e. The summed E-state index contributed by atoms with van der Waals surface area (Å²) in [5, 5.41) is 20.8. The summed E-state index contributed by atoms with van der Waals surface area (Å²) in [6.45, 7) is 2.12. The average molecular weight is 448 g/mol. The van der Waals surface area contributed by atoms with E-state index in [2.05, 4.69) is 30.2 Å². The molecule has 1 aromatic carbocycles. The number of halogens is 2. The average Bonchev–Trinajstić information content (AvgIpc) is 3.47. The molecule has 5 aromatic rings. The normalized spacial score (nSPS) is 11.9. The fourth-order valence-corrected chi connectivity index (χ4v) is 3.41. The van der Waals surface area contributed by atoms with E-state index in [4.69, 9.17) is 5.11 Å². The molecule has 33 heavy (non-hydrogen) atoms. The van der Waals surface area contributed by atoms with Gasteiger partial charge in [0.1, 0.15) is 0 Å². The van der Waals surface area contributed by atoms with Gasteiger partial charge in [-0.25, -0.2) is 15.0 Å². The molecule has 5 rings (SSSR count). The molecule has 9 nitrogen and oxygen atoms in total. The van der Waals surface area contributed by atoms with Crippen LogP contribution in [0.4, 0.5) is 8.78 Å². The van der Waals surface area contributed by atoms with Crippen molar-refractivity contribution in [2.24, 2.45) is 0 Å². The number of aliphatic hydroxyl groups excluding tert-OH is 1. The van der Waals surface area contributed by atoms with Crippen LogP contribution in [-0.4, -0.2) is 51.0 Å². The zero-order valence-corrected chi connectivity index (χ0v) is 17.5. The summed E-state index contributed by atoms with van der Waals surface area (Å²) in [6.07, 6.45) is 9.56. The monoisotopic (exact) mass is 448 g/mol. The van der Waals surface area contributed by atoms with E-state index in [1.165, 1.54) is 35.0 Å². The molecular weight excluding hydrogens is 430 g/mol. The Morgan fingerprint density at radius 2 is 1.73 bits per heavy atom. The highest BCUT2D eigenvalue weighted by atomic mass is 19.3. The third-order valence-electron chi connectivity index (χ3n) is 5.11. The molecule has 1 N–H and O–H groups in total. The number of fused-ring (bicyclic) bond motifs is 1. The minimum absolute atomic E-state index is 0.0502. The molecule has 4 heterocycles. The molecule has 0 radical (unpaired) electrons. The Morgan fingerprint density at radius 1 is 0.939 bits per heavy atom. The smallest absolute Gasteiger partial charge is 0.332 e. The van der Waals surface area contributed by atoms with Gasteiger partial charge in [0.15, 0.2) is 5.82 Å². The van der Waals surface area contributed by atoms with Gasteiger partial charge in [0.25, 0.3) is 5.78 Å². The van der Waals surface area contributed by atoms with Crippen LogP contribution in [0.15, 0.2) is 61.4 Å². The lowest BCUT2D eigenvalue weighted by Crippen LogP contribution is -2.19. The molecule has 0 fully saturated rings. The van der Waals surface area contributed by atoms with Crippen LogP contribution in [0.25, 0.3) is 28.3 Å². The Hall–Kier alpha value is -4.12. The number of nitrogens with zero attached hydrogens (tertiary/aromatic N) is 8. The van der Waals surface area contributed by atoms with Crippen molar-refractivity contribution in [2.45, 2.75) is 19.4 Å².